The van der Waals surface area contributed by atoms with Gasteiger partial charge in [-0.2, -0.15) is 0 Å². The van der Waals surface area contributed by atoms with Crippen molar-refractivity contribution in [2.24, 2.45) is 5.41 Å². The van der Waals surface area contributed by atoms with Crippen LogP contribution in [0, 0.1) is 12.3 Å². The maximum absolute atomic E-state index is 11.9. The predicted octanol–water partition coefficient (Wildman–Crippen LogP) is 2.97. The van der Waals surface area contributed by atoms with Crippen LogP contribution in [0.5, 0.6) is 0 Å². The molecule has 0 amide bonds. The van der Waals surface area contributed by atoms with Crippen molar-refractivity contribution in [2.75, 3.05) is 6.61 Å². The summed E-state index contributed by atoms with van der Waals surface area (Å²) in [6.07, 6.45) is 2.92. The van der Waals surface area contributed by atoms with Crippen LogP contribution in [-0.4, -0.2) is 23.8 Å². The molecule has 3 aliphatic carbocycles. The van der Waals surface area contributed by atoms with Gasteiger partial charge >= 0.3 is 5.97 Å². The molecule has 0 aromatic heterocycles. The van der Waals surface area contributed by atoms with Gasteiger partial charge < -0.3 is 9.84 Å². The Morgan fingerprint density at radius 1 is 1.40 bits per heavy atom. The van der Waals surface area contributed by atoms with Gasteiger partial charge in [-0.25, -0.2) is 4.79 Å². The summed E-state index contributed by atoms with van der Waals surface area (Å²) in [6, 6.07) is 5.85. The first-order valence-electron chi connectivity index (χ1n) is 7.39. The summed E-state index contributed by atoms with van der Waals surface area (Å²) in [5.41, 5.74) is 3.49. The number of esters is 1. The molecule has 1 N–H and O–H groups in total. The Balaban J connectivity index is 1.85. The topological polar surface area (TPSA) is 46.5 Å². The minimum absolute atomic E-state index is 0.145. The molecule has 108 valence electrons. The first kappa shape index (κ1) is 13.6. The molecular weight excluding hydrogens is 252 g/mol. The first-order chi connectivity index (χ1) is 9.42. The van der Waals surface area contributed by atoms with Crippen molar-refractivity contribution in [3.8, 4) is 0 Å². The van der Waals surface area contributed by atoms with Crippen LogP contribution in [-0.2, 0) is 10.2 Å². The van der Waals surface area contributed by atoms with E-state index in [-0.39, 0.29) is 22.9 Å². The van der Waals surface area contributed by atoms with Crippen LogP contribution >= 0.6 is 0 Å². The molecule has 0 spiro atoms. The monoisotopic (exact) mass is 274 g/mol. The van der Waals surface area contributed by atoms with E-state index >= 15 is 0 Å². The van der Waals surface area contributed by atoms with Crippen molar-refractivity contribution < 1.29 is 14.6 Å². The Morgan fingerprint density at radius 2 is 2.05 bits per heavy atom. The van der Waals surface area contributed by atoms with Gasteiger partial charge in [0.15, 0.2) is 0 Å². The molecule has 0 saturated heterocycles. The van der Waals surface area contributed by atoms with Gasteiger partial charge in [0.1, 0.15) is 0 Å². The minimum atomic E-state index is -0.245. The normalized spacial score (nSPS) is 32.0. The second-order valence-electron chi connectivity index (χ2n) is 6.60. The lowest BCUT2D eigenvalue weighted by Crippen LogP contribution is -2.68. The molecule has 2 bridgehead atoms. The maximum atomic E-state index is 11.9. The number of carbonyl (C=O) groups is 1. The molecule has 3 nitrogen and oxygen atoms in total. The molecule has 4 rings (SSSR count). The molecule has 20 heavy (non-hydrogen) atoms. The number of aryl methyl sites for hydroxylation is 1. The Bertz CT molecular complexity index is 540. The average molecular weight is 274 g/mol. The van der Waals surface area contributed by atoms with E-state index in [4.69, 9.17) is 4.74 Å². The minimum Gasteiger partial charge on any atom is -0.462 e. The highest BCUT2D eigenvalue weighted by Crippen LogP contribution is 2.75. The van der Waals surface area contributed by atoms with Gasteiger partial charge in [0.25, 0.3) is 0 Å². The van der Waals surface area contributed by atoms with Crippen molar-refractivity contribution in [3.63, 3.8) is 0 Å². The Morgan fingerprint density at radius 3 is 2.60 bits per heavy atom. The smallest absolute Gasteiger partial charge is 0.338 e. The van der Waals surface area contributed by atoms with Gasteiger partial charge in [-0.3, -0.25) is 0 Å². The quantitative estimate of drug-likeness (QED) is 0.859. The number of ether oxygens (including phenoxy) is 1. The number of benzene rings is 1. The Hall–Kier alpha value is -1.35. The molecular formula is C17H22O3. The molecule has 3 aliphatic rings. The Labute approximate surface area is 120 Å². The molecule has 3 heteroatoms. The fourth-order valence-corrected chi connectivity index (χ4v) is 4.13. The van der Waals surface area contributed by atoms with Crippen LogP contribution in [0.4, 0.5) is 0 Å². The third-order valence-electron chi connectivity index (χ3n) is 5.28. The first-order valence-corrected chi connectivity index (χ1v) is 7.39. The Kier molecular flexibility index (Phi) is 2.94. The molecule has 1 atom stereocenters. The summed E-state index contributed by atoms with van der Waals surface area (Å²) in [4.78, 5) is 11.9. The number of aliphatic hydroxyl groups excluding tert-OH is 1. The zero-order chi connectivity index (χ0) is 14.5. The van der Waals surface area contributed by atoms with Crippen LogP contribution in [0.2, 0.25) is 0 Å². The van der Waals surface area contributed by atoms with Crippen molar-refractivity contribution in [1.29, 1.82) is 0 Å². The summed E-state index contributed by atoms with van der Waals surface area (Å²) in [7, 11) is 0. The summed E-state index contributed by atoms with van der Waals surface area (Å²) in [6.45, 7) is 6.21. The zero-order valence-corrected chi connectivity index (χ0v) is 12.4. The lowest BCUT2D eigenvalue weighted by atomic mass is 9.32. The van der Waals surface area contributed by atoms with E-state index in [9.17, 15) is 9.90 Å². The molecule has 0 radical (unpaired) electrons. The standard InChI is InChI=1S/C17H22O3/c1-4-20-15(19)13-6-5-11(2)14(7-13)17-8-16(9-17,10-17)12(3)18/h5-7,12,18H,4,8-10H2,1-3H3. The van der Waals surface area contributed by atoms with Gasteiger partial charge in [0.05, 0.1) is 18.3 Å². The second kappa shape index (κ2) is 4.32. The molecule has 1 aromatic carbocycles. The van der Waals surface area contributed by atoms with Crippen LogP contribution in [0.15, 0.2) is 18.2 Å². The van der Waals surface area contributed by atoms with E-state index in [1.807, 2.05) is 32.0 Å². The fraction of sp³-hybridized carbons (Fsp3) is 0.588. The van der Waals surface area contributed by atoms with Gasteiger partial charge in [-0.15, -0.1) is 0 Å². The van der Waals surface area contributed by atoms with E-state index < -0.39 is 0 Å². The van der Waals surface area contributed by atoms with E-state index in [0.717, 1.165) is 19.3 Å². The lowest BCUT2D eigenvalue weighted by molar-refractivity contribution is -0.202. The number of carbonyl (C=O) groups excluding carboxylic acids is 1. The largest absolute Gasteiger partial charge is 0.462 e. The summed E-state index contributed by atoms with van der Waals surface area (Å²) in [5, 5.41) is 9.84. The second-order valence-corrected chi connectivity index (χ2v) is 6.60. The third kappa shape index (κ3) is 1.72. The highest BCUT2D eigenvalue weighted by Gasteiger charge is 2.70. The SMILES string of the molecule is CCOC(=O)c1ccc(C)c(C23CC(C(C)O)(C2)C3)c1. The number of hydrogen-bond donors (Lipinski definition) is 1. The van der Waals surface area contributed by atoms with E-state index in [1.54, 1.807) is 0 Å². The van der Waals surface area contributed by atoms with Crippen LogP contribution in [0.3, 0.4) is 0 Å². The highest BCUT2D eigenvalue weighted by molar-refractivity contribution is 5.89. The summed E-state index contributed by atoms with van der Waals surface area (Å²) in [5.74, 6) is -0.245. The van der Waals surface area contributed by atoms with E-state index in [2.05, 4.69) is 6.92 Å². The summed E-state index contributed by atoms with van der Waals surface area (Å²) < 4.78 is 5.08. The van der Waals surface area contributed by atoms with Crippen molar-refractivity contribution in [2.45, 2.75) is 51.6 Å². The van der Waals surface area contributed by atoms with Crippen LogP contribution in [0.25, 0.3) is 0 Å². The number of aliphatic hydroxyl groups is 1. The average Bonchev–Trinajstić information content (AvgIpc) is 2.27. The van der Waals surface area contributed by atoms with E-state index in [0.29, 0.717) is 12.2 Å². The molecule has 1 unspecified atom stereocenters. The van der Waals surface area contributed by atoms with Gasteiger partial charge in [0.2, 0.25) is 0 Å². The van der Waals surface area contributed by atoms with Gasteiger partial charge in [-0.05, 0) is 74.1 Å². The maximum Gasteiger partial charge on any atom is 0.338 e. The van der Waals surface area contributed by atoms with Crippen molar-refractivity contribution in [3.05, 3.63) is 34.9 Å². The van der Waals surface area contributed by atoms with E-state index in [1.165, 1.54) is 11.1 Å². The van der Waals surface area contributed by atoms with Crippen LogP contribution in [0.1, 0.15) is 54.6 Å². The number of hydrogen-bond acceptors (Lipinski definition) is 3. The molecule has 3 fully saturated rings. The highest BCUT2D eigenvalue weighted by atomic mass is 16.5. The van der Waals surface area contributed by atoms with Crippen molar-refractivity contribution >= 4 is 5.97 Å². The van der Waals surface area contributed by atoms with Crippen molar-refractivity contribution in [1.82, 2.24) is 0 Å². The lowest BCUT2D eigenvalue weighted by Gasteiger charge is -2.72. The van der Waals surface area contributed by atoms with Gasteiger partial charge in [-0.1, -0.05) is 6.07 Å². The predicted molar refractivity (Wildman–Crippen MR) is 76.8 cm³/mol. The van der Waals surface area contributed by atoms with Gasteiger partial charge in [0, 0.05) is 0 Å². The molecule has 0 heterocycles. The molecule has 1 aromatic rings. The molecule has 3 saturated carbocycles. The fourth-order valence-electron chi connectivity index (χ4n) is 4.13. The summed E-state index contributed by atoms with van der Waals surface area (Å²) >= 11 is 0. The zero-order valence-electron chi connectivity index (χ0n) is 12.4. The molecule has 0 aliphatic heterocycles. The van der Waals surface area contributed by atoms with Crippen LogP contribution < -0.4 is 0 Å². The third-order valence-corrected chi connectivity index (χ3v) is 5.28. The number of rotatable bonds is 4.